The van der Waals surface area contributed by atoms with Gasteiger partial charge in [0.15, 0.2) is 0 Å². The molecule has 0 radical (unpaired) electrons. The summed E-state index contributed by atoms with van der Waals surface area (Å²) in [4.78, 5) is 7.62. The molecule has 1 aliphatic rings. The standard InChI is InChI=1S/C50H35N3O/c1-50(2)43-31-36(52(33-16-8-4-9-17-33)35-23-29-46-42(30-35)38-20-12-13-21-45(38)54-46)22-24-37(43)39-25-26-41-40(47(39)50)27-28-44-48(41)53(34-18-10-5-11-19-34)49(51-44)32-14-6-3-7-15-32/h3-31H,1-2H3. The fourth-order valence-electron chi connectivity index (χ4n) is 8.92. The molecule has 10 aromatic rings. The van der Waals surface area contributed by atoms with Crippen molar-refractivity contribution < 1.29 is 4.42 Å². The molecule has 54 heavy (non-hydrogen) atoms. The molecule has 0 unspecified atom stereocenters. The van der Waals surface area contributed by atoms with Crippen molar-refractivity contribution in [2.24, 2.45) is 0 Å². The van der Waals surface area contributed by atoms with Crippen LogP contribution in [0.5, 0.6) is 0 Å². The van der Waals surface area contributed by atoms with Crippen LogP contribution in [0, 0.1) is 0 Å². The van der Waals surface area contributed by atoms with Gasteiger partial charge in [0.2, 0.25) is 0 Å². The lowest BCUT2D eigenvalue weighted by molar-refractivity contribution is 0.666. The fraction of sp³-hybridized carbons (Fsp3) is 0.0600. The molecule has 0 aliphatic heterocycles. The summed E-state index contributed by atoms with van der Waals surface area (Å²) in [5.74, 6) is 0.944. The lowest BCUT2D eigenvalue weighted by atomic mass is 9.80. The molecule has 1 aliphatic carbocycles. The third kappa shape index (κ3) is 4.47. The largest absolute Gasteiger partial charge is 0.456 e. The van der Waals surface area contributed by atoms with Crippen LogP contribution in [0.3, 0.4) is 0 Å². The van der Waals surface area contributed by atoms with Gasteiger partial charge in [0, 0.05) is 49.9 Å². The van der Waals surface area contributed by atoms with E-state index in [2.05, 4.69) is 187 Å². The third-order valence-corrected chi connectivity index (χ3v) is 11.3. The van der Waals surface area contributed by atoms with Gasteiger partial charge in [-0.25, -0.2) is 4.98 Å². The highest BCUT2D eigenvalue weighted by Gasteiger charge is 2.38. The Morgan fingerprint density at radius 2 is 1.17 bits per heavy atom. The summed E-state index contributed by atoms with van der Waals surface area (Å²) in [6.07, 6.45) is 0. The van der Waals surface area contributed by atoms with Crippen molar-refractivity contribution in [2.45, 2.75) is 19.3 Å². The molecule has 4 heteroatoms. The fourth-order valence-corrected chi connectivity index (χ4v) is 8.92. The average molecular weight is 694 g/mol. The van der Waals surface area contributed by atoms with Gasteiger partial charge in [-0.3, -0.25) is 4.57 Å². The molecule has 2 heterocycles. The van der Waals surface area contributed by atoms with Gasteiger partial charge in [0.1, 0.15) is 17.0 Å². The second kappa shape index (κ2) is 11.5. The normalized spacial score (nSPS) is 13.1. The number of para-hydroxylation sites is 3. The third-order valence-electron chi connectivity index (χ3n) is 11.3. The summed E-state index contributed by atoms with van der Waals surface area (Å²) >= 11 is 0. The van der Waals surface area contributed by atoms with Crippen LogP contribution >= 0.6 is 0 Å². The summed E-state index contributed by atoms with van der Waals surface area (Å²) in [7, 11) is 0. The second-order valence-electron chi connectivity index (χ2n) is 14.8. The van der Waals surface area contributed by atoms with Crippen molar-refractivity contribution in [1.29, 1.82) is 0 Å². The Morgan fingerprint density at radius 1 is 0.519 bits per heavy atom. The smallest absolute Gasteiger partial charge is 0.145 e. The van der Waals surface area contributed by atoms with E-state index in [1.54, 1.807) is 0 Å². The van der Waals surface area contributed by atoms with Crippen molar-refractivity contribution in [1.82, 2.24) is 9.55 Å². The average Bonchev–Trinajstić information content (AvgIpc) is 3.87. The van der Waals surface area contributed by atoms with Crippen LogP contribution in [0.1, 0.15) is 25.0 Å². The van der Waals surface area contributed by atoms with E-state index in [1.807, 2.05) is 12.1 Å². The molecule has 0 fully saturated rings. The molecule has 256 valence electrons. The lowest BCUT2D eigenvalue weighted by Crippen LogP contribution is -2.17. The van der Waals surface area contributed by atoms with E-state index in [-0.39, 0.29) is 5.41 Å². The maximum Gasteiger partial charge on any atom is 0.145 e. The first-order valence-electron chi connectivity index (χ1n) is 18.6. The number of hydrogen-bond donors (Lipinski definition) is 0. The molecule has 0 spiro atoms. The Kier molecular flexibility index (Phi) is 6.56. The van der Waals surface area contributed by atoms with Crippen LogP contribution < -0.4 is 4.90 Å². The van der Waals surface area contributed by atoms with E-state index in [9.17, 15) is 0 Å². The molecule has 4 nitrogen and oxygen atoms in total. The van der Waals surface area contributed by atoms with Crippen LogP contribution in [0.15, 0.2) is 180 Å². The molecule has 0 N–H and O–H groups in total. The summed E-state index contributed by atoms with van der Waals surface area (Å²) in [5, 5.41) is 4.70. The number of anilines is 3. The molecule has 0 saturated carbocycles. The first kappa shape index (κ1) is 30.7. The highest BCUT2D eigenvalue weighted by molar-refractivity contribution is 6.11. The Labute approximate surface area is 313 Å². The Hall–Kier alpha value is -6.91. The van der Waals surface area contributed by atoms with Gasteiger partial charge < -0.3 is 9.32 Å². The predicted molar refractivity (Wildman–Crippen MR) is 224 cm³/mol. The molecular weight excluding hydrogens is 659 g/mol. The van der Waals surface area contributed by atoms with Crippen LogP contribution in [0.4, 0.5) is 17.1 Å². The summed E-state index contributed by atoms with van der Waals surface area (Å²) in [5.41, 5.74) is 14.4. The first-order valence-corrected chi connectivity index (χ1v) is 18.6. The van der Waals surface area contributed by atoms with Crippen LogP contribution in [-0.4, -0.2) is 9.55 Å². The number of furan rings is 1. The molecule has 0 saturated heterocycles. The highest BCUT2D eigenvalue weighted by Crippen LogP contribution is 2.54. The Balaban J connectivity index is 1.10. The van der Waals surface area contributed by atoms with Crippen LogP contribution in [0.2, 0.25) is 0 Å². The number of rotatable bonds is 5. The number of hydrogen-bond acceptors (Lipinski definition) is 3. The van der Waals surface area contributed by atoms with E-state index in [0.29, 0.717) is 0 Å². The van der Waals surface area contributed by atoms with E-state index >= 15 is 0 Å². The molecule has 8 aromatic carbocycles. The quantitative estimate of drug-likeness (QED) is 0.180. The number of imidazole rings is 1. The minimum atomic E-state index is -0.263. The van der Waals surface area contributed by atoms with Crippen LogP contribution in [0.25, 0.3) is 71.9 Å². The van der Waals surface area contributed by atoms with E-state index in [4.69, 9.17) is 9.40 Å². The van der Waals surface area contributed by atoms with Gasteiger partial charge in [-0.05, 0) is 94.4 Å². The zero-order valence-corrected chi connectivity index (χ0v) is 30.0. The second-order valence-corrected chi connectivity index (χ2v) is 14.8. The number of benzene rings is 8. The van der Waals surface area contributed by atoms with Gasteiger partial charge >= 0.3 is 0 Å². The summed E-state index contributed by atoms with van der Waals surface area (Å²) in [6, 6.07) is 62.8. The lowest BCUT2D eigenvalue weighted by Gasteiger charge is -2.28. The topological polar surface area (TPSA) is 34.2 Å². The van der Waals surface area contributed by atoms with E-state index in [0.717, 1.165) is 67.1 Å². The molecule has 0 atom stereocenters. The van der Waals surface area contributed by atoms with Crippen LogP contribution in [-0.2, 0) is 5.41 Å². The van der Waals surface area contributed by atoms with Crippen molar-refractivity contribution in [3.05, 3.63) is 187 Å². The number of nitrogens with zero attached hydrogens (tertiary/aromatic N) is 3. The molecule has 11 rings (SSSR count). The summed E-state index contributed by atoms with van der Waals surface area (Å²) in [6.45, 7) is 4.76. The summed E-state index contributed by atoms with van der Waals surface area (Å²) < 4.78 is 8.55. The van der Waals surface area contributed by atoms with Gasteiger partial charge in [-0.15, -0.1) is 0 Å². The minimum absolute atomic E-state index is 0.263. The predicted octanol–water partition coefficient (Wildman–Crippen LogP) is 13.5. The molecular formula is C50H35N3O. The Bertz CT molecular complexity index is 3070. The maximum absolute atomic E-state index is 6.22. The monoisotopic (exact) mass is 693 g/mol. The van der Waals surface area contributed by atoms with Gasteiger partial charge in [0.25, 0.3) is 0 Å². The van der Waals surface area contributed by atoms with E-state index < -0.39 is 0 Å². The molecule has 2 aromatic heterocycles. The number of aromatic nitrogens is 2. The zero-order valence-electron chi connectivity index (χ0n) is 30.0. The Morgan fingerprint density at radius 3 is 1.98 bits per heavy atom. The van der Waals surface area contributed by atoms with Gasteiger partial charge in [-0.1, -0.05) is 123 Å². The number of fused-ring (bicyclic) bond motifs is 10. The molecule has 0 bridgehead atoms. The maximum atomic E-state index is 6.22. The SMILES string of the molecule is CC1(C)c2cc(N(c3ccccc3)c3ccc4oc5ccccc5c4c3)ccc2-c2ccc3c(ccc4nc(-c5ccccc5)n(-c5ccccc5)c43)c21. The van der Waals surface area contributed by atoms with Crippen molar-refractivity contribution in [3.63, 3.8) is 0 Å². The van der Waals surface area contributed by atoms with Gasteiger partial charge in [0.05, 0.1) is 11.0 Å². The van der Waals surface area contributed by atoms with Crippen molar-refractivity contribution in [2.75, 3.05) is 4.90 Å². The van der Waals surface area contributed by atoms with Crippen molar-refractivity contribution in [3.8, 4) is 28.2 Å². The zero-order chi connectivity index (χ0) is 36.0. The van der Waals surface area contributed by atoms with E-state index in [1.165, 1.54) is 33.0 Å². The van der Waals surface area contributed by atoms with Crippen molar-refractivity contribution >= 4 is 60.8 Å². The van der Waals surface area contributed by atoms with Gasteiger partial charge in [-0.2, -0.15) is 0 Å². The molecule has 0 amide bonds. The minimum Gasteiger partial charge on any atom is -0.456 e. The first-order chi connectivity index (χ1) is 26.5. The highest BCUT2D eigenvalue weighted by atomic mass is 16.3.